The zero-order valence-electron chi connectivity index (χ0n) is 13.9. The molecule has 0 heterocycles. The predicted molar refractivity (Wildman–Crippen MR) is 90.3 cm³/mol. The molecule has 2 nitrogen and oxygen atoms in total. The highest BCUT2D eigenvalue weighted by Crippen LogP contribution is 2.65. The summed E-state index contributed by atoms with van der Waals surface area (Å²) in [5.41, 5.74) is 0.595. The highest BCUT2D eigenvalue weighted by atomic mass is 32.2. The third kappa shape index (κ3) is 2.14. The highest BCUT2D eigenvalue weighted by molar-refractivity contribution is 7.71. The Morgan fingerprint density at radius 3 is 2.55 bits per heavy atom. The molecule has 4 fully saturated rings. The van der Waals surface area contributed by atoms with E-state index in [1.54, 1.807) is 5.37 Å². The van der Waals surface area contributed by atoms with Gasteiger partial charge in [0.15, 0.2) is 0 Å². The molecule has 4 saturated carbocycles. The van der Waals surface area contributed by atoms with Gasteiger partial charge in [-0.2, -0.15) is 8.42 Å². The third-order valence-electron chi connectivity index (χ3n) is 8.33. The molecule has 0 radical (unpaired) electrons. The van der Waals surface area contributed by atoms with Crippen LogP contribution in [0, 0.1) is 34.5 Å². The van der Waals surface area contributed by atoms with Crippen LogP contribution in [0.5, 0.6) is 0 Å². The van der Waals surface area contributed by atoms with Crippen molar-refractivity contribution < 1.29 is 8.42 Å². The molecule has 0 amide bonds. The fraction of sp³-hybridized carbons (Fsp3) is 0.947. The van der Waals surface area contributed by atoms with Crippen molar-refractivity contribution in [3.05, 3.63) is 0 Å². The van der Waals surface area contributed by atoms with Crippen molar-refractivity contribution in [1.29, 1.82) is 0 Å². The van der Waals surface area contributed by atoms with Crippen LogP contribution in [0.1, 0.15) is 77.6 Å². The van der Waals surface area contributed by atoms with Crippen LogP contribution < -0.4 is 0 Å². The predicted octanol–water partition coefficient (Wildman–Crippen LogP) is 4.47. The minimum atomic E-state index is -1.99. The van der Waals surface area contributed by atoms with Crippen molar-refractivity contribution in [3.8, 4) is 0 Å². The van der Waals surface area contributed by atoms with Crippen LogP contribution in [0.2, 0.25) is 0 Å². The van der Waals surface area contributed by atoms with Crippen molar-refractivity contribution in [1.82, 2.24) is 0 Å². The minimum absolute atomic E-state index is 0.0334. The van der Waals surface area contributed by atoms with E-state index in [0.717, 1.165) is 30.6 Å². The van der Waals surface area contributed by atoms with Gasteiger partial charge in [0, 0.05) is 10.8 Å². The van der Waals surface area contributed by atoms with Gasteiger partial charge < -0.3 is 0 Å². The molecular formula is C19H30O2S. The number of rotatable bonds is 1. The monoisotopic (exact) mass is 322 g/mol. The van der Waals surface area contributed by atoms with Gasteiger partial charge in [-0.05, 0) is 80.5 Å². The van der Waals surface area contributed by atoms with Gasteiger partial charge in [0.05, 0.1) is 0 Å². The fourth-order valence-corrected chi connectivity index (χ4v) is 8.19. The smallest absolute Gasteiger partial charge is 0.185 e. The minimum Gasteiger partial charge on any atom is -0.185 e. The highest BCUT2D eigenvalue weighted by Gasteiger charge is 2.58. The van der Waals surface area contributed by atoms with E-state index in [-0.39, 0.29) is 5.41 Å². The van der Waals surface area contributed by atoms with Gasteiger partial charge in [-0.3, -0.25) is 0 Å². The molecule has 0 aromatic carbocycles. The number of fused-ring (bicyclic) bond motifs is 5. The van der Waals surface area contributed by atoms with E-state index in [9.17, 15) is 8.42 Å². The second-order valence-corrected chi connectivity index (χ2v) is 9.70. The standard InChI is InChI=1S/C19H30O2S/c1-18-10-3-2-5-14(18)7-8-15-16(18)9-12-19(13-22(20)21)11-4-6-17(15)19/h13-17H,2-12H2,1H3/t14-,15-,16+,17+,18+,19+/m1/s1. The molecule has 124 valence electrons. The Hall–Kier alpha value is -0.310. The summed E-state index contributed by atoms with van der Waals surface area (Å²) in [5, 5.41) is 1.72. The SMILES string of the molecule is C[C@]12CCCC[C@@H]1CC[C@H]1[C@@H]3CCC[C@@]3(C=S(=O)=O)CC[C@@H]12. The average Bonchev–Trinajstić information content (AvgIpc) is 2.89. The molecule has 0 bridgehead atoms. The van der Waals surface area contributed by atoms with Crippen molar-refractivity contribution in [2.24, 2.45) is 34.5 Å². The van der Waals surface area contributed by atoms with E-state index < -0.39 is 10.3 Å². The molecule has 0 aliphatic heterocycles. The van der Waals surface area contributed by atoms with E-state index in [2.05, 4.69) is 6.92 Å². The molecule has 0 spiro atoms. The van der Waals surface area contributed by atoms with Gasteiger partial charge in [-0.1, -0.05) is 26.2 Å². The summed E-state index contributed by atoms with van der Waals surface area (Å²) in [5.74, 6) is 3.28. The molecular weight excluding hydrogens is 292 g/mol. The lowest BCUT2D eigenvalue weighted by Gasteiger charge is -2.59. The molecule has 0 aromatic rings. The maximum Gasteiger partial charge on any atom is 0.210 e. The van der Waals surface area contributed by atoms with Crippen LogP contribution in [0.25, 0.3) is 0 Å². The van der Waals surface area contributed by atoms with Gasteiger partial charge in [0.1, 0.15) is 0 Å². The Kier molecular flexibility index (Phi) is 3.71. The normalized spacial score (nSPS) is 50.6. The van der Waals surface area contributed by atoms with E-state index in [1.165, 1.54) is 57.8 Å². The van der Waals surface area contributed by atoms with E-state index >= 15 is 0 Å². The van der Waals surface area contributed by atoms with Crippen molar-refractivity contribution in [2.45, 2.75) is 77.6 Å². The van der Waals surface area contributed by atoms with Gasteiger partial charge in [0.25, 0.3) is 0 Å². The lowest BCUT2D eigenvalue weighted by atomic mass is 9.45. The van der Waals surface area contributed by atoms with Crippen LogP contribution in [0.15, 0.2) is 0 Å². The summed E-state index contributed by atoms with van der Waals surface area (Å²) in [6.45, 7) is 2.59. The number of hydrogen-bond donors (Lipinski definition) is 0. The topological polar surface area (TPSA) is 34.1 Å². The van der Waals surface area contributed by atoms with Gasteiger partial charge in [0.2, 0.25) is 10.3 Å². The van der Waals surface area contributed by atoms with Crippen LogP contribution in [0.3, 0.4) is 0 Å². The van der Waals surface area contributed by atoms with Crippen molar-refractivity contribution in [3.63, 3.8) is 0 Å². The summed E-state index contributed by atoms with van der Waals surface area (Å²) < 4.78 is 22.8. The Morgan fingerprint density at radius 2 is 1.73 bits per heavy atom. The molecule has 0 aromatic heterocycles. The number of hydrogen-bond acceptors (Lipinski definition) is 2. The maximum atomic E-state index is 11.4. The molecule has 22 heavy (non-hydrogen) atoms. The first-order chi connectivity index (χ1) is 10.6. The molecule has 0 unspecified atom stereocenters. The molecule has 0 N–H and O–H groups in total. The van der Waals surface area contributed by atoms with Gasteiger partial charge in [-0.15, -0.1) is 0 Å². The molecule has 4 rings (SSSR count). The second-order valence-electron chi connectivity index (χ2n) is 8.95. The summed E-state index contributed by atoms with van der Waals surface area (Å²) in [7, 11) is -1.99. The molecule has 0 saturated heterocycles. The van der Waals surface area contributed by atoms with Gasteiger partial charge in [-0.25, -0.2) is 0 Å². The summed E-state index contributed by atoms with van der Waals surface area (Å²) in [4.78, 5) is 0. The third-order valence-corrected chi connectivity index (χ3v) is 8.99. The first kappa shape index (κ1) is 15.2. The van der Waals surface area contributed by atoms with Gasteiger partial charge >= 0.3 is 0 Å². The zero-order chi connectivity index (χ0) is 15.4. The molecule has 3 heteroatoms. The Balaban J connectivity index is 1.68. The summed E-state index contributed by atoms with van der Waals surface area (Å²) >= 11 is 0. The van der Waals surface area contributed by atoms with E-state index in [4.69, 9.17) is 0 Å². The lowest BCUT2D eigenvalue weighted by Crippen LogP contribution is -2.52. The van der Waals surface area contributed by atoms with Crippen LogP contribution in [-0.2, 0) is 10.3 Å². The Morgan fingerprint density at radius 1 is 0.864 bits per heavy atom. The quantitative estimate of drug-likeness (QED) is 0.667. The summed E-state index contributed by atoms with van der Waals surface area (Å²) in [6.07, 6.45) is 14.6. The first-order valence-electron chi connectivity index (χ1n) is 9.49. The lowest BCUT2D eigenvalue weighted by molar-refractivity contribution is -0.0918. The van der Waals surface area contributed by atoms with Crippen molar-refractivity contribution >= 4 is 15.7 Å². The largest absolute Gasteiger partial charge is 0.210 e. The zero-order valence-corrected chi connectivity index (χ0v) is 14.7. The maximum absolute atomic E-state index is 11.4. The second kappa shape index (κ2) is 5.36. The van der Waals surface area contributed by atoms with Crippen LogP contribution >= 0.6 is 0 Å². The van der Waals surface area contributed by atoms with Crippen molar-refractivity contribution in [2.75, 3.05) is 0 Å². The molecule has 4 aliphatic rings. The molecule has 4 aliphatic carbocycles. The van der Waals surface area contributed by atoms with Crippen LogP contribution in [-0.4, -0.2) is 13.8 Å². The fourth-order valence-electron chi connectivity index (χ4n) is 7.40. The molecule has 6 atom stereocenters. The van der Waals surface area contributed by atoms with E-state index in [1.807, 2.05) is 0 Å². The van der Waals surface area contributed by atoms with E-state index in [0.29, 0.717) is 11.3 Å². The first-order valence-corrected chi connectivity index (χ1v) is 10.6. The Bertz CT molecular complexity index is 572. The van der Waals surface area contributed by atoms with Crippen LogP contribution in [0.4, 0.5) is 0 Å². The Labute approximate surface area is 136 Å². The summed E-state index contributed by atoms with van der Waals surface area (Å²) in [6, 6.07) is 0. The average molecular weight is 323 g/mol.